The van der Waals surface area contributed by atoms with Crippen LogP contribution in [0.5, 0.6) is 0 Å². The number of rotatable bonds is 0. The number of aromatic amines is 1. The number of anilines is 1. The van der Waals surface area contributed by atoms with E-state index >= 15 is 0 Å². The number of nitrogens with one attached hydrogen (secondary N) is 1. The first-order valence-electron chi connectivity index (χ1n) is 5.71. The number of fused-ring (bicyclic) bond motifs is 5. The van der Waals surface area contributed by atoms with Gasteiger partial charge in [0.1, 0.15) is 5.69 Å². The van der Waals surface area contributed by atoms with Gasteiger partial charge in [-0.2, -0.15) is 0 Å². The van der Waals surface area contributed by atoms with Gasteiger partial charge < -0.3 is 10.7 Å². The molecule has 3 N–H and O–H groups in total. The fourth-order valence-corrected chi connectivity index (χ4v) is 2.51. The van der Waals surface area contributed by atoms with Crippen molar-refractivity contribution in [2.45, 2.75) is 0 Å². The SMILES string of the molecule is Nc1ccc2c(c1)C(=O)c1c-2[nH]c(=O)c2nccn12. The summed E-state index contributed by atoms with van der Waals surface area (Å²) in [4.78, 5) is 31.0. The van der Waals surface area contributed by atoms with E-state index in [0.717, 1.165) is 0 Å². The molecule has 19 heavy (non-hydrogen) atoms. The predicted molar refractivity (Wildman–Crippen MR) is 69.1 cm³/mol. The number of nitrogen functional groups attached to an aromatic ring is 1. The molecule has 0 saturated heterocycles. The summed E-state index contributed by atoms with van der Waals surface area (Å²) in [5, 5.41) is 0. The number of imidazole rings is 1. The minimum absolute atomic E-state index is 0.156. The van der Waals surface area contributed by atoms with Gasteiger partial charge >= 0.3 is 0 Å². The highest BCUT2D eigenvalue weighted by Gasteiger charge is 2.30. The van der Waals surface area contributed by atoms with Crippen LogP contribution in [0.2, 0.25) is 0 Å². The molecule has 92 valence electrons. The highest BCUT2D eigenvalue weighted by Crippen LogP contribution is 2.35. The minimum atomic E-state index is -0.318. The lowest BCUT2D eigenvalue weighted by Crippen LogP contribution is -2.15. The van der Waals surface area contributed by atoms with Crippen LogP contribution in [0.4, 0.5) is 5.69 Å². The molecule has 1 aliphatic rings. The van der Waals surface area contributed by atoms with Crippen molar-refractivity contribution in [3.8, 4) is 11.3 Å². The number of carbonyl (C=O) groups excluding carboxylic acids is 1. The number of nitrogens with two attached hydrogens (primary N) is 1. The average Bonchev–Trinajstić information content (AvgIpc) is 2.95. The molecule has 0 saturated carbocycles. The minimum Gasteiger partial charge on any atom is -0.399 e. The van der Waals surface area contributed by atoms with Crippen LogP contribution in [0.25, 0.3) is 16.9 Å². The Hall–Kier alpha value is -2.89. The molecule has 2 heterocycles. The molecular formula is C13H8N4O2. The molecule has 4 rings (SSSR count). The Bertz CT molecular complexity index is 920. The summed E-state index contributed by atoms with van der Waals surface area (Å²) in [6.07, 6.45) is 3.10. The second-order valence-corrected chi connectivity index (χ2v) is 4.43. The molecule has 0 amide bonds. The van der Waals surface area contributed by atoms with Crippen molar-refractivity contribution in [2.75, 3.05) is 5.73 Å². The molecule has 6 nitrogen and oxygen atoms in total. The Labute approximate surface area is 106 Å². The summed E-state index contributed by atoms with van der Waals surface area (Å²) < 4.78 is 1.52. The summed E-state index contributed by atoms with van der Waals surface area (Å²) >= 11 is 0. The van der Waals surface area contributed by atoms with Crippen LogP contribution in [0.3, 0.4) is 0 Å². The molecule has 0 aliphatic heterocycles. The van der Waals surface area contributed by atoms with Crippen LogP contribution in [0.1, 0.15) is 16.1 Å². The standard InChI is InChI=1S/C13H8N4O2/c14-6-1-2-7-8(5-6)11(18)10-9(7)16-13(19)12-15-3-4-17(10)12/h1-5H,14H2,(H,16,19). The molecule has 1 aliphatic carbocycles. The third-order valence-corrected chi connectivity index (χ3v) is 3.33. The van der Waals surface area contributed by atoms with Crippen molar-refractivity contribution < 1.29 is 4.79 Å². The fourth-order valence-electron chi connectivity index (χ4n) is 2.51. The third-order valence-electron chi connectivity index (χ3n) is 3.33. The molecule has 3 aromatic rings. The van der Waals surface area contributed by atoms with E-state index in [1.54, 1.807) is 24.4 Å². The van der Waals surface area contributed by atoms with Gasteiger partial charge in [-0.05, 0) is 12.1 Å². The number of H-pyrrole nitrogens is 1. The predicted octanol–water partition coefficient (Wildman–Crippen LogP) is 0.816. The largest absolute Gasteiger partial charge is 0.399 e. The topological polar surface area (TPSA) is 93.2 Å². The average molecular weight is 252 g/mol. The van der Waals surface area contributed by atoms with E-state index in [0.29, 0.717) is 28.2 Å². The molecule has 1 aromatic carbocycles. The molecule has 2 aromatic heterocycles. The first-order chi connectivity index (χ1) is 9.16. The Morgan fingerprint density at radius 2 is 2.05 bits per heavy atom. The Morgan fingerprint density at radius 3 is 2.89 bits per heavy atom. The molecule has 0 atom stereocenters. The van der Waals surface area contributed by atoms with E-state index in [4.69, 9.17) is 5.73 Å². The van der Waals surface area contributed by atoms with Gasteiger partial charge in [-0.15, -0.1) is 0 Å². The summed E-state index contributed by atoms with van der Waals surface area (Å²) in [5.41, 5.74) is 8.27. The van der Waals surface area contributed by atoms with E-state index < -0.39 is 0 Å². The summed E-state index contributed by atoms with van der Waals surface area (Å²) in [5.74, 6) is -0.156. The normalized spacial score (nSPS) is 12.7. The van der Waals surface area contributed by atoms with E-state index in [2.05, 4.69) is 9.97 Å². The molecule has 0 unspecified atom stereocenters. The zero-order valence-corrected chi connectivity index (χ0v) is 9.68. The van der Waals surface area contributed by atoms with Gasteiger partial charge in [0.25, 0.3) is 5.56 Å². The van der Waals surface area contributed by atoms with E-state index in [1.165, 1.54) is 10.6 Å². The van der Waals surface area contributed by atoms with Gasteiger partial charge in [-0.3, -0.25) is 14.0 Å². The molecule has 0 radical (unpaired) electrons. The molecule has 0 fully saturated rings. The van der Waals surface area contributed by atoms with Crippen molar-refractivity contribution in [2.24, 2.45) is 0 Å². The number of hydrogen-bond acceptors (Lipinski definition) is 4. The summed E-state index contributed by atoms with van der Waals surface area (Å²) in [6.45, 7) is 0. The third kappa shape index (κ3) is 1.12. The lowest BCUT2D eigenvalue weighted by molar-refractivity contribution is 0.103. The highest BCUT2D eigenvalue weighted by atomic mass is 16.1. The number of nitrogens with zero attached hydrogens (tertiary/aromatic N) is 2. The van der Waals surface area contributed by atoms with Crippen LogP contribution in [0, 0.1) is 0 Å². The van der Waals surface area contributed by atoms with E-state index in [1.807, 2.05) is 0 Å². The van der Waals surface area contributed by atoms with Gasteiger partial charge in [0, 0.05) is 29.2 Å². The maximum absolute atomic E-state index is 12.4. The van der Waals surface area contributed by atoms with Gasteiger partial charge in [-0.25, -0.2) is 4.98 Å². The van der Waals surface area contributed by atoms with E-state index in [-0.39, 0.29) is 17.0 Å². The number of ketones is 1. The second-order valence-electron chi connectivity index (χ2n) is 4.43. The Balaban J connectivity index is 2.21. The smallest absolute Gasteiger partial charge is 0.292 e. The quantitative estimate of drug-likeness (QED) is 0.453. The fraction of sp³-hybridized carbons (Fsp3) is 0. The van der Waals surface area contributed by atoms with Crippen LogP contribution in [-0.4, -0.2) is 20.2 Å². The molecule has 6 heteroatoms. The summed E-state index contributed by atoms with van der Waals surface area (Å²) in [6, 6.07) is 5.07. The number of hydrogen-bond donors (Lipinski definition) is 2. The van der Waals surface area contributed by atoms with Gasteiger partial charge in [0.05, 0.1) is 5.69 Å². The van der Waals surface area contributed by atoms with Gasteiger partial charge in [0.2, 0.25) is 11.4 Å². The monoisotopic (exact) mass is 252 g/mol. The lowest BCUT2D eigenvalue weighted by atomic mass is 10.1. The van der Waals surface area contributed by atoms with Crippen molar-refractivity contribution in [1.29, 1.82) is 0 Å². The van der Waals surface area contributed by atoms with Crippen molar-refractivity contribution in [3.63, 3.8) is 0 Å². The van der Waals surface area contributed by atoms with Crippen LogP contribution in [0.15, 0.2) is 35.4 Å². The van der Waals surface area contributed by atoms with Crippen molar-refractivity contribution in [1.82, 2.24) is 14.4 Å². The lowest BCUT2D eigenvalue weighted by Gasteiger charge is -2.01. The summed E-state index contributed by atoms with van der Waals surface area (Å²) in [7, 11) is 0. The van der Waals surface area contributed by atoms with Crippen LogP contribution < -0.4 is 11.3 Å². The maximum Gasteiger partial charge on any atom is 0.292 e. The first-order valence-corrected chi connectivity index (χ1v) is 5.71. The van der Waals surface area contributed by atoms with Gasteiger partial charge in [0.15, 0.2) is 0 Å². The zero-order valence-electron chi connectivity index (χ0n) is 9.68. The molecule has 0 spiro atoms. The second kappa shape index (κ2) is 3.11. The number of aromatic nitrogens is 3. The first kappa shape index (κ1) is 10.1. The number of carbonyl (C=O) groups is 1. The Kier molecular flexibility index (Phi) is 1.65. The zero-order chi connectivity index (χ0) is 13.1. The Morgan fingerprint density at radius 1 is 1.21 bits per heavy atom. The van der Waals surface area contributed by atoms with Crippen LogP contribution in [-0.2, 0) is 0 Å². The maximum atomic E-state index is 12.4. The molecular weight excluding hydrogens is 244 g/mol. The van der Waals surface area contributed by atoms with Crippen LogP contribution >= 0.6 is 0 Å². The van der Waals surface area contributed by atoms with Crippen molar-refractivity contribution in [3.05, 3.63) is 52.2 Å². The van der Waals surface area contributed by atoms with E-state index in [9.17, 15) is 9.59 Å². The highest BCUT2D eigenvalue weighted by molar-refractivity contribution is 6.20. The van der Waals surface area contributed by atoms with Gasteiger partial charge in [-0.1, -0.05) is 6.07 Å². The number of benzene rings is 1. The van der Waals surface area contributed by atoms with Crippen molar-refractivity contribution >= 4 is 17.1 Å². The molecule has 0 bridgehead atoms.